The van der Waals surface area contributed by atoms with E-state index in [1.807, 2.05) is 4.52 Å². The van der Waals surface area contributed by atoms with Crippen LogP contribution in [-0.4, -0.2) is 33.0 Å². The van der Waals surface area contributed by atoms with E-state index in [2.05, 4.69) is 10.2 Å². The van der Waals surface area contributed by atoms with Crippen molar-refractivity contribution in [1.29, 1.82) is 0 Å². The Kier molecular flexibility index (Phi) is 3.20. The normalized spacial score (nSPS) is 30.6. The van der Waals surface area contributed by atoms with Crippen LogP contribution in [0.3, 0.4) is 0 Å². The van der Waals surface area contributed by atoms with Crippen molar-refractivity contribution in [2.24, 2.45) is 11.7 Å². The van der Waals surface area contributed by atoms with E-state index in [4.69, 9.17) is 15.6 Å². The minimum absolute atomic E-state index is 0.0637. The number of rotatable bonds is 3. The molecule has 2 aromatic rings. The van der Waals surface area contributed by atoms with Crippen LogP contribution in [0.2, 0.25) is 0 Å². The molecule has 4 rings (SSSR count). The summed E-state index contributed by atoms with van der Waals surface area (Å²) in [6.45, 7) is 1.57. The summed E-state index contributed by atoms with van der Waals surface area (Å²) < 4.78 is 7.59. The second-order valence-electron chi connectivity index (χ2n) is 5.73. The van der Waals surface area contributed by atoms with E-state index in [0.29, 0.717) is 11.8 Å². The lowest BCUT2D eigenvalue weighted by Gasteiger charge is -2.14. The molecule has 1 saturated heterocycles. The first-order chi connectivity index (χ1) is 9.86. The average molecular weight is 293 g/mol. The lowest BCUT2D eigenvalue weighted by Crippen LogP contribution is -2.17. The van der Waals surface area contributed by atoms with Crippen molar-refractivity contribution in [3.63, 3.8) is 0 Å². The van der Waals surface area contributed by atoms with Crippen molar-refractivity contribution in [2.75, 3.05) is 13.2 Å². The van der Waals surface area contributed by atoms with E-state index in [1.54, 1.807) is 11.3 Å². The molecule has 1 aliphatic heterocycles. The van der Waals surface area contributed by atoms with Crippen LogP contribution in [0.5, 0.6) is 0 Å². The summed E-state index contributed by atoms with van der Waals surface area (Å²) in [6.07, 6.45) is 5.84. The molecule has 2 aliphatic rings. The third-order valence-corrected chi connectivity index (χ3v) is 5.56. The molecule has 7 heteroatoms. The fourth-order valence-corrected chi connectivity index (χ4v) is 4.50. The number of hydrogen-bond acceptors (Lipinski definition) is 6. The number of nitrogens with zero attached hydrogens (tertiary/aromatic N) is 4. The van der Waals surface area contributed by atoms with Crippen molar-refractivity contribution in [3.8, 4) is 0 Å². The second-order valence-corrected chi connectivity index (χ2v) is 6.72. The summed E-state index contributed by atoms with van der Waals surface area (Å²) in [5.41, 5.74) is 5.88. The maximum absolute atomic E-state index is 5.88. The van der Waals surface area contributed by atoms with E-state index >= 15 is 0 Å². The van der Waals surface area contributed by atoms with Crippen LogP contribution in [0.25, 0.3) is 4.96 Å². The van der Waals surface area contributed by atoms with E-state index in [9.17, 15) is 0 Å². The predicted octanol–water partition coefficient (Wildman–Crippen LogP) is 1.88. The highest BCUT2D eigenvalue weighted by Gasteiger charge is 2.32. The number of nitrogens with two attached hydrogens (primary N) is 1. The van der Waals surface area contributed by atoms with E-state index in [-0.39, 0.29) is 6.10 Å². The number of aromatic nitrogens is 4. The highest BCUT2D eigenvalue weighted by atomic mass is 32.1. The van der Waals surface area contributed by atoms with Crippen LogP contribution in [0, 0.1) is 5.92 Å². The first kappa shape index (κ1) is 12.7. The van der Waals surface area contributed by atoms with Crippen molar-refractivity contribution in [1.82, 2.24) is 19.8 Å². The molecule has 0 spiro atoms. The Morgan fingerprint density at radius 3 is 3.00 bits per heavy atom. The van der Waals surface area contributed by atoms with Gasteiger partial charge in [0.25, 0.3) is 0 Å². The van der Waals surface area contributed by atoms with Gasteiger partial charge in [-0.15, -0.1) is 10.2 Å². The molecule has 6 nitrogen and oxygen atoms in total. The quantitative estimate of drug-likeness (QED) is 0.934. The fourth-order valence-electron chi connectivity index (χ4n) is 3.42. The summed E-state index contributed by atoms with van der Waals surface area (Å²) in [5.74, 6) is 1.94. The van der Waals surface area contributed by atoms with Gasteiger partial charge >= 0.3 is 0 Å². The topological polar surface area (TPSA) is 78.3 Å². The van der Waals surface area contributed by atoms with Gasteiger partial charge in [-0.3, -0.25) is 0 Å². The molecule has 1 aliphatic carbocycles. The third kappa shape index (κ3) is 1.96. The molecule has 1 saturated carbocycles. The maximum atomic E-state index is 5.88. The second kappa shape index (κ2) is 5.05. The Balaban J connectivity index is 1.68. The van der Waals surface area contributed by atoms with E-state index < -0.39 is 0 Å². The monoisotopic (exact) mass is 293 g/mol. The molecular formula is C13H19N5OS. The third-order valence-electron chi connectivity index (χ3n) is 4.53. The summed E-state index contributed by atoms with van der Waals surface area (Å²) in [5, 5.41) is 14.5. The van der Waals surface area contributed by atoms with Gasteiger partial charge in [-0.1, -0.05) is 17.8 Å². The van der Waals surface area contributed by atoms with Gasteiger partial charge in [0.1, 0.15) is 11.1 Å². The number of ether oxygens (including phenoxy) is 1. The Labute approximate surface area is 121 Å². The highest BCUT2D eigenvalue weighted by Crippen LogP contribution is 2.41. The molecule has 20 heavy (non-hydrogen) atoms. The molecular weight excluding hydrogens is 274 g/mol. The van der Waals surface area contributed by atoms with Gasteiger partial charge in [0, 0.05) is 12.5 Å². The SMILES string of the molecule is NCC1CCCC1c1nn2c(C3CCCO3)nnc2s1. The van der Waals surface area contributed by atoms with Crippen LogP contribution in [0.4, 0.5) is 0 Å². The van der Waals surface area contributed by atoms with Crippen LogP contribution in [0.1, 0.15) is 55.0 Å². The van der Waals surface area contributed by atoms with Gasteiger partial charge in [0.05, 0.1) is 0 Å². The molecule has 0 amide bonds. The van der Waals surface area contributed by atoms with Gasteiger partial charge in [-0.05, 0) is 38.1 Å². The smallest absolute Gasteiger partial charge is 0.234 e. The summed E-state index contributed by atoms with van der Waals surface area (Å²) in [7, 11) is 0. The Bertz CT molecular complexity index is 603. The van der Waals surface area contributed by atoms with Gasteiger partial charge in [-0.25, -0.2) is 0 Å². The molecule has 0 aromatic carbocycles. The predicted molar refractivity (Wildman–Crippen MR) is 75.7 cm³/mol. The minimum atomic E-state index is 0.0637. The molecule has 3 heterocycles. The molecule has 2 fully saturated rings. The van der Waals surface area contributed by atoms with Crippen molar-refractivity contribution in [3.05, 3.63) is 10.8 Å². The minimum Gasteiger partial charge on any atom is -0.370 e. The largest absolute Gasteiger partial charge is 0.370 e. The van der Waals surface area contributed by atoms with Crippen LogP contribution < -0.4 is 5.73 Å². The van der Waals surface area contributed by atoms with E-state index in [0.717, 1.165) is 36.8 Å². The zero-order chi connectivity index (χ0) is 13.5. The summed E-state index contributed by atoms with van der Waals surface area (Å²) in [6, 6.07) is 0. The Hall–Kier alpha value is -1.05. The molecule has 108 valence electrons. The Morgan fingerprint density at radius 1 is 1.25 bits per heavy atom. The first-order valence-corrected chi connectivity index (χ1v) is 8.22. The molecule has 0 bridgehead atoms. The van der Waals surface area contributed by atoms with Gasteiger partial charge < -0.3 is 10.5 Å². The zero-order valence-electron chi connectivity index (χ0n) is 11.4. The van der Waals surface area contributed by atoms with Crippen molar-refractivity contribution >= 4 is 16.3 Å². The lowest BCUT2D eigenvalue weighted by atomic mass is 9.97. The van der Waals surface area contributed by atoms with Crippen LogP contribution >= 0.6 is 11.3 Å². The van der Waals surface area contributed by atoms with E-state index in [1.165, 1.54) is 24.3 Å². The van der Waals surface area contributed by atoms with Gasteiger partial charge in [-0.2, -0.15) is 9.61 Å². The molecule has 3 atom stereocenters. The average Bonchev–Trinajstić information content (AvgIpc) is 3.20. The lowest BCUT2D eigenvalue weighted by molar-refractivity contribution is 0.103. The molecule has 2 aromatic heterocycles. The maximum Gasteiger partial charge on any atom is 0.234 e. The van der Waals surface area contributed by atoms with Gasteiger partial charge in [0.15, 0.2) is 5.82 Å². The van der Waals surface area contributed by atoms with Crippen molar-refractivity contribution < 1.29 is 4.74 Å². The van der Waals surface area contributed by atoms with Crippen LogP contribution in [-0.2, 0) is 4.74 Å². The zero-order valence-corrected chi connectivity index (χ0v) is 12.2. The Morgan fingerprint density at radius 2 is 2.20 bits per heavy atom. The van der Waals surface area contributed by atoms with Gasteiger partial charge in [0.2, 0.25) is 4.96 Å². The molecule has 3 unspecified atom stereocenters. The standard InChI is InChI=1S/C13H19N5OS/c14-7-8-3-1-4-9(8)12-17-18-11(10-5-2-6-19-10)15-16-13(18)20-12/h8-10H,1-7,14H2. The number of hydrogen-bond donors (Lipinski definition) is 1. The summed E-state index contributed by atoms with van der Waals surface area (Å²) >= 11 is 1.66. The fraction of sp³-hybridized carbons (Fsp3) is 0.769. The van der Waals surface area contributed by atoms with Crippen LogP contribution in [0.15, 0.2) is 0 Å². The molecule has 0 radical (unpaired) electrons. The molecule has 2 N–H and O–H groups in total. The highest BCUT2D eigenvalue weighted by molar-refractivity contribution is 7.16. The van der Waals surface area contributed by atoms with Crippen molar-refractivity contribution in [2.45, 2.75) is 44.1 Å². The number of fused-ring (bicyclic) bond motifs is 1. The first-order valence-electron chi connectivity index (χ1n) is 7.40. The summed E-state index contributed by atoms with van der Waals surface area (Å²) in [4.78, 5) is 0.883.